The van der Waals surface area contributed by atoms with Crippen LogP contribution in [0.4, 0.5) is 0 Å². The Hall–Kier alpha value is -2.91. The van der Waals surface area contributed by atoms with Crippen molar-refractivity contribution in [3.63, 3.8) is 0 Å². The van der Waals surface area contributed by atoms with Gasteiger partial charge in [-0.15, -0.1) is 0 Å². The zero-order valence-corrected chi connectivity index (χ0v) is 18.3. The third-order valence-electron chi connectivity index (χ3n) is 5.96. The Kier molecular flexibility index (Phi) is 5.77. The Labute approximate surface area is 174 Å². The van der Waals surface area contributed by atoms with Gasteiger partial charge in [-0.25, -0.2) is 4.98 Å². The molecule has 0 bridgehead atoms. The van der Waals surface area contributed by atoms with E-state index in [1.165, 1.54) is 26.7 Å². The summed E-state index contributed by atoms with van der Waals surface area (Å²) < 4.78 is 2.25. The molecule has 0 saturated carbocycles. The molecule has 3 heteroatoms. The summed E-state index contributed by atoms with van der Waals surface area (Å²) in [5, 5.41) is 4.32. The van der Waals surface area contributed by atoms with Gasteiger partial charge in [0.15, 0.2) is 8.07 Å². The molecule has 0 fully saturated rings. The second-order valence-electron chi connectivity index (χ2n) is 7.61. The van der Waals surface area contributed by atoms with Crippen molar-refractivity contribution in [2.45, 2.75) is 32.9 Å². The quantitative estimate of drug-likeness (QED) is 0.344. The molecule has 4 rings (SSSR count). The number of nitrogens with zero attached hydrogens (tertiary/aromatic N) is 2. The van der Waals surface area contributed by atoms with E-state index >= 15 is 0 Å². The first-order valence-electron chi connectivity index (χ1n) is 10.5. The molecule has 0 aliphatic rings. The lowest BCUT2D eigenvalue weighted by atomic mass is 10.2. The molecule has 1 heterocycles. The summed E-state index contributed by atoms with van der Waals surface area (Å²) in [5.41, 5.74) is 2.77. The molecule has 0 aliphatic heterocycles. The summed E-state index contributed by atoms with van der Waals surface area (Å²) >= 11 is 0. The van der Waals surface area contributed by atoms with Crippen molar-refractivity contribution in [1.29, 1.82) is 0 Å². The zero-order valence-electron chi connectivity index (χ0n) is 17.3. The second kappa shape index (κ2) is 8.62. The molecule has 3 aromatic carbocycles. The van der Waals surface area contributed by atoms with Crippen LogP contribution < -0.4 is 15.6 Å². The van der Waals surface area contributed by atoms with Gasteiger partial charge in [-0.05, 0) is 39.5 Å². The van der Waals surface area contributed by atoms with Gasteiger partial charge in [0.2, 0.25) is 0 Å². The van der Waals surface area contributed by atoms with Gasteiger partial charge in [0.05, 0.1) is 6.33 Å². The molecular weight excluding hydrogens is 368 g/mol. The number of rotatable bonds is 7. The van der Waals surface area contributed by atoms with E-state index in [0.29, 0.717) is 0 Å². The molecule has 4 aromatic rings. The number of hydrogen-bond acceptors (Lipinski definition) is 1. The predicted octanol–water partition coefficient (Wildman–Crippen LogP) is 3.72. The average Bonchev–Trinajstić information content (AvgIpc) is 3.31. The lowest BCUT2D eigenvalue weighted by Crippen LogP contribution is -2.69. The molecule has 0 N–H and O–H groups in total. The summed E-state index contributed by atoms with van der Waals surface area (Å²) in [6, 6.07) is 29.7. The maximum absolute atomic E-state index is 4.33. The van der Waals surface area contributed by atoms with Crippen LogP contribution in [0, 0.1) is 0 Å². The normalized spacial score (nSPS) is 11.5. The van der Waals surface area contributed by atoms with Gasteiger partial charge in [-0.2, -0.15) is 0 Å². The second-order valence-corrected chi connectivity index (χ2v) is 11.5. The zero-order chi connectivity index (χ0) is 20.1. The summed E-state index contributed by atoms with van der Waals surface area (Å²) in [7, 11) is -2.28. The third kappa shape index (κ3) is 3.83. The Morgan fingerprint density at radius 2 is 1.21 bits per heavy atom. The minimum atomic E-state index is -2.28. The standard InChI is InChI=1S/C26H28N2Si/c1-3-22-10-14-25(15-11-22)29(21-28-19-18-27-20-28,24-8-6-5-7-9-24)26-16-12-23(4-2)13-17-26/h5-20H,3-4,21H2,1-2H3. The highest BCUT2D eigenvalue weighted by atomic mass is 28.3. The third-order valence-corrected chi connectivity index (χ3v) is 10.8. The molecule has 0 unspecified atom stereocenters. The van der Waals surface area contributed by atoms with Gasteiger partial charge in [-0.1, -0.05) is 92.7 Å². The molecule has 1 aromatic heterocycles. The topological polar surface area (TPSA) is 17.8 Å². The minimum absolute atomic E-state index is 0.938. The highest BCUT2D eigenvalue weighted by Crippen LogP contribution is 2.13. The Morgan fingerprint density at radius 3 is 1.66 bits per heavy atom. The monoisotopic (exact) mass is 396 g/mol. The molecule has 0 saturated heterocycles. The first kappa shape index (κ1) is 19.4. The first-order chi connectivity index (χ1) is 14.3. The van der Waals surface area contributed by atoms with E-state index in [-0.39, 0.29) is 0 Å². The molecule has 0 atom stereocenters. The SMILES string of the molecule is CCc1ccc([Si](Cn2ccnc2)(c2ccccc2)c2ccc(CC)cc2)cc1. The molecule has 146 valence electrons. The smallest absolute Gasteiger partial charge is 0.168 e. The van der Waals surface area contributed by atoms with Crippen LogP contribution in [0.3, 0.4) is 0 Å². The van der Waals surface area contributed by atoms with Crippen molar-refractivity contribution in [2.24, 2.45) is 0 Å². The van der Waals surface area contributed by atoms with E-state index in [0.717, 1.165) is 19.0 Å². The van der Waals surface area contributed by atoms with Crippen molar-refractivity contribution >= 4 is 23.6 Å². The molecular formula is C26H28N2Si. The van der Waals surface area contributed by atoms with Crippen LogP contribution in [-0.2, 0) is 19.0 Å². The van der Waals surface area contributed by atoms with Crippen molar-refractivity contribution in [3.8, 4) is 0 Å². The Morgan fingerprint density at radius 1 is 0.690 bits per heavy atom. The lowest BCUT2D eigenvalue weighted by Gasteiger charge is -2.34. The van der Waals surface area contributed by atoms with Gasteiger partial charge in [-0.3, -0.25) is 0 Å². The maximum atomic E-state index is 4.33. The van der Waals surface area contributed by atoms with E-state index in [4.69, 9.17) is 0 Å². The Balaban J connectivity index is 1.97. The van der Waals surface area contributed by atoms with E-state index in [2.05, 4.69) is 108 Å². The number of hydrogen-bond donors (Lipinski definition) is 0. The van der Waals surface area contributed by atoms with Crippen LogP contribution in [0.15, 0.2) is 97.6 Å². The van der Waals surface area contributed by atoms with Crippen LogP contribution in [-0.4, -0.2) is 17.6 Å². The lowest BCUT2D eigenvalue weighted by molar-refractivity contribution is 0.862. The summed E-state index contributed by atoms with van der Waals surface area (Å²) in [6.07, 6.45) is 8.98. The van der Waals surface area contributed by atoms with Gasteiger partial charge < -0.3 is 4.57 Å². The fraction of sp³-hybridized carbons (Fsp3) is 0.192. The number of imidazole rings is 1. The fourth-order valence-corrected chi connectivity index (χ4v) is 8.72. The van der Waals surface area contributed by atoms with Gasteiger partial charge >= 0.3 is 0 Å². The van der Waals surface area contributed by atoms with Crippen molar-refractivity contribution in [1.82, 2.24) is 9.55 Å². The molecule has 0 amide bonds. The average molecular weight is 397 g/mol. The van der Waals surface area contributed by atoms with Crippen LogP contribution >= 0.6 is 0 Å². The van der Waals surface area contributed by atoms with E-state index in [1.54, 1.807) is 0 Å². The van der Waals surface area contributed by atoms with Crippen LogP contribution in [0.25, 0.3) is 0 Å². The van der Waals surface area contributed by atoms with Crippen molar-refractivity contribution in [2.75, 3.05) is 0 Å². The van der Waals surface area contributed by atoms with E-state index < -0.39 is 8.07 Å². The van der Waals surface area contributed by atoms with E-state index in [1.807, 2.05) is 12.5 Å². The molecule has 0 radical (unpaired) electrons. The van der Waals surface area contributed by atoms with Gasteiger partial charge in [0.1, 0.15) is 0 Å². The summed E-state index contributed by atoms with van der Waals surface area (Å²) in [6.45, 7) is 4.43. The predicted molar refractivity (Wildman–Crippen MR) is 125 cm³/mol. The van der Waals surface area contributed by atoms with E-state index in [9.17, 15) is 0 Å². The molecule has 0 spiro atoms. The largest absolute Gasteiger partial charge is 0.339 e. The summed E-state index contributed by atoms with van der Waals surface area (Å²) in [4.78, 5) is 4.33. The highest BCUT2D eigenvalue weighted by molar-refractivity contribution is 7.10. The molecule has 0 aliphatic carbocycles. The van der Waals surface area contributed by atoms with Crippen molar-refractivity contribution in [3.05, 3.63) is 109 Å². The number of benzene rings is 3. The van der Waals surface area contributed by atoms with Crippen LogP contribution in [0.1, 0.15) is 25.0 Å². The van der Waals surface area contributed by atoms with Gasteiger partial charge in [0.25, 0.3) is 0 Å². The minimum Gasteiger partial charge on any atom is -0.339 e. The highest BCUT2D eigenvalue weighted by Gasteiger charge is 2.39. The van der Waals surface area contributed by atoms with Crippen LogP contribution in [0.2, 0.25) is 0 Å². The fourth-order valence-electron chi connectivity index (χ4n) is 4.20. The maximum Gasteiger partial charge on any atom is 0.168 e. The molecule has 29 heavy (non-hydrogen) atoms. The van der Waals surface area contributed by atoms with Crippen LogP contribution in [0.5, 0.6) is 0 Å². The first-order valence-corrected chi connectivity index (χ1v) is 12.7. The number of aromatic nitrogens is 2. The summed E-state index contributed by atoms with van der Waals surface area (Å²) in [5.74, 6) is 0. The van der Waals surface area contributed by atoms with Gasteiger partial charge in [0, 0.05) is 18.6 Å². The number of aryl methyl sites for hydroxylation is 2. The Bertz CT molecular complexity index is 973. The molecule has 2 nitrogen and oxygen atoms in total. The van der Waals surface area contributed by atoms with Crippen molar-refractivity contribution < 1.29 is 0 Å².